The molecule has 0 unspecified atom stereocenters. The number of rotatable bonds is 3. The fourth-order valence-electron chi connectivity index (χ4n) is 1.42. The van der Waals surface area contributed by atoms with Crippen molar-refractivity contribution in [3.05, 3.63) is 60.4 Å². The molecule has 0 saturated heterocycles. The summed E-state index contributed by atoms with van der Waals surface area (Å²) in [7, 11) is 0. The van der Waals surface area contributed by atoms with Crippen LogP contribution in [-0.4, -0.2) is 11.6 Å². The third kappa shape index (κ3) is 2.39. The number of nitrogens with zero attached hydrogens (tertiary/aromatic N) is 1. The summed E-state index contributed by atoms with van der Waals surface area (Å²) in [5, 5.41) is 2.08. The lowest BCUT2D eigenvalue weighted by molar-refractivity contribution is 0.316. The molecule has 0 radical (unpaired) electrons. The van der Waals surface area contributed by atoms with Gasteiger partial charge in [0, 0.05) is 18.9 Å². The van der Waals surface area contributed by atoms with Crippen molar-refractivity contribution in [3.8, 4) is 0 Å². The Morgan fingerprint density at radius 3 is 2.64 bits per heavy atom. The fourth-order valence-corrected chi connectivity index (χ4v) is 1.42. The lowest BCUT2D eigenvalue weighted by Crippen LogP contribution is -2.32. The van der Waals surface area contributed by atoms with Gasteiger partial charge in [0.15, 0.2) is 0 Å². The summed E-state index contributed by atoms with van der Waals surface area (Å²) in [5.41, 5.74) is 4.53. The van der Waals surface area contributed by atoms with Crippen molar-refractivity contribution in [3.63, 3.8) is 0 Å². The van der Waals surface area contributed by atoms with E-state index in [4.69, 9.17) is 0 Å². The van der Waals surface area contributed by atoms with Crippen LogP contribution in [0, 0.1) is 0 Å². The quantitative estimate of drug-likeness (QED) is 0.777. The van der Waals surface area contributed by atoms with Crippen molar-refractivity contribution in [2.45, 2.75) is 6.42 Å². The van der Waals surface area contributed by atoms with E-state index in [1.807, 2.05) is 30.6 Å². The van der Waals surface area contributed by atoms with E-state index in [0.717, 1.165) is 13.0 Å². The van der Waals surface area contributed by atoms with Crippen LogP contribution in [0.5, 0.6) is 0 Å². The van der Waals surface area contributed by atoms with Gasteiger partial charge in [-0.2, -0.15) is 0 Å². The maximum atomic E-state index is 3.16. The van der Waals surface area contributed by atoms with Gasteiger partial charge in [0.25, 0.3) is 0 Å². The predicted octanol–water partition coefficient (Wildman–Crippen LogP) is 2.08. The molecular formula is C12H14N2. The summed E-state index contributed by atoms with van der Waals surface area (Å²) in [6, 6.07) is 10.5. The summed E-state index contributed by atoms with van der Waals surface area (Å²) >= 11 is 0. The monoisotopic (exact) mass is 186 g/mol. The molecule has 2 heteroatoms. The van der Waals surface area contributed by atoms with Gasteiger partial charge in [-0.3, -0.25) is 5.01 Å². The first-order chi connectivity index (χ1) is 6.95. The largest absolute Gasteiger partial charge is 0.306 e. The second-order valence-electron chi connectivity index (χ2n) is 3.26. The Morgan fingerprint density at radius 1 is 1.07 bits per heavy atom. The summed E-state index contributed by atoms with van der Waals surface area (Å²) < 4.78 is 0. The molecule has 0 amide bonds. The van der Waals surface area contributed by atoms with Crippen LogP contribution in [-0.2, 0) is 6.42 Å². The zero-order valence-electron chi connectivity index (χ0n) is 8.06. The highest BCUT2D eigenvalue weighted by Crippen LogP contribution is 2.01. The first-order valence-corrected chi connectivity index (χ1v) is 4.85. The molecule has 1 aromatic rings. The molecule has 0 aliphatic carbocycles. The van der Waals surface area contributed by atoms with E-state index in [-0.39, 0.29) is 0 Å². The maximum absolute atomic E-state index is 3.16. The molecular weight excluding hydrogens is 172 g/mol. The maximum Gasteiger partial charge on any atom is 0.0427 e. The van der Waals surface area contributed by atoms with Gasteiger partial charge in [-0.15, -0.1) is 0 Å². The van der Waals surface area contributed by atoms with E-state index in [2.05, 4.69) is 34.7 Å². The van der Waals surface area contributed by atoms with Gasteiger partial charge in [-0.05, 0) is 24.1 Å². The molecule has 0 atom stereocenters. The van der Waals surface area contributed by atoms with Crippen molar-refractivity contribution in [1.29, 1.82) is 0 Å². The first kappa shape index (κ1) is 8.88. The van der Waals surface area contributed by atoms with Crippen molar-refractivity contribution in [2.75, 3.05) is 6.54 Å². The van der Waals surface area contributed by atoms with Crippen LogP contribution in [0.4, 0.5) is 0 Å². The van der Waals surface area contributed by atoms with Crippen molar-refractivity contribution < 1.29 is 0 Å². The highest BCUT2D eigenvalue weighted by molar-refractivity contribution is 5.15. The Bertz CT molecular complexity index is 327. The predicted molar refractivity (Wildman–Crippen MR) is 58.3 cm³/mol. The van der Waals surface area contributed by atoms with Crippen molar-refractivity contribution in [2.24, 2.45) is 0 Å². The number of hydrogen-bond donors (Lipinski definition) is 1. The SMILES string of the molecule is C1=CNN(CCc2ccccc2)C=C1. The molecule has 2 rings (SSSR count). The van der Waals surface area contributed by atoms with Crippen molar-refractivity contribution in [1.82, 2.24) is 10.4 Å². The minimum absolute atomic E-state index is 0.991. The minimum Gasteiger partial charge on any atom is -0.306 e. The van der Waals surface area contributed by atoms with Crippen LogP contribution in [0.15, 0.2) is 54.9 Å². The van der Waals surface area contributed by atoms with Gasteiger partial charge in [0.1, 0.15) is 0 Å². The summed E-state index contributed by atoms with van der Waals surface area (Å²) in [5.74, 6) is 0. The van der Waals surface area contributed by atoms with Gasteiger partial charge in [-0.1, -0.05) is 30.3 Å². The van der Waals surface area contributed by atoms with Gasteiger partial charge >= 0.3 is 0 Å². The molecule has 14 heavy (non-hydrogen) atoms. The van der Waals surface area contributed by atoms with Gasteiger partial charge in [0.05, 0.1) is 0 Å². The molecule has 2 nitrogen and oxygen atoms in total. The third-order valence-corrected chi connectivity index (χ3v) is 2.20. The Hall–Kier alpha value is -1.70. The topological polar surface area (TPSA) is 15.3 Å². The molecule has 1 aliphatic rings. The van der Waals surface area contributed by atoms with Gasteiger partial charge in [-0.25, -0.2) is 0 Å². The second kappa shape index (κ2) is 4.51. The molecule has 1 heterocycles. The highest BCUT2D eigenvalue weighted by atomic mass is 15.5. The number of nitrogens with one attached hydrogen (secondary N) is 1. The molecule has 72 valence electrons. The van der Waals surface area contributed by atoms with E-state index >= 15 is 0 Å². The molecule has 1 N–H and O–H groups in total. The fraction of sp³-hybridized carbons (Fsp3) is 0.167. The number of hydrazine groups is 1. The van der Waals surface area contributed by atoms with E-state index in [1.54, 1.807) is 0 Å². The Balaban J connectivity index is 1.83. The minimum atomic E-state index is 0.991. The second-order valence-corrected chi connectivity index (χ2v) is 3.26. The van der Waals surface area contributed by atoms with Crippen LogP contribution < -0.4 is 5.43 Å². The van der Waals surface area contributed by atoms with E-state index in [9.17, 15) is 0 Å². The molecule has 0 bridgehead atoms. The standard InChI is InChI=1S/C12H14N2/c1-2-6-12(7-3-1)8-11-14-10-5-4-9-13-14/h1-7,9-10,13H,8,11H2. The zero-order chi connectivity index (χ0) is 9.64. The first-order valence-electron chi connectivity index (χ1n) is 4.85. The number of allylic oxidation sites excluding steroid dienone is 2. The van der Waals surface area contributed by atoms with Gasteiger partial charge in [0.2, 0.25) is 0 Å². The van der Waals surface area contributed by atoms with E-state index in [1.165, 1.54) is 5.56 Å². The van der Waals surface area contributed by atoms with Crippen LogP contribution in [0.25, 0.3) is 0 Å². The van der Waals surface area contributed by atoms with Crippen molar-refractivity contribution >= 4 is 0 Å². The lowest BCUT2D eigenvalue weighted by Gasteiger charge is -2.21. The average Bonchev–Trinajstić information content (AvgIpc) is 2.29. The molecule has 0 spiro atoms. The Morgan fingerprint density at radius 2 is 1.93 bits per heavy atom. The molecule has 1 aromatic carbocycles. The third-order valence-electron chi connectivity index (χ3n) is 2.20. The smallest absolute Gasteiger partial charge is 0.0427 e. The lowest BCUT2D eigenvalue weighted by atomic mass is 10.1. The summed E-state index contributed by atoms with van der Waals surface area (Å²) in [4.78, 5) is 0. The summed E-state index contributed by atoms with van der Waals surface area (Å²) in [6.45, 7) is 0.991. The zero-order valence-corrected chi connectivity index (χ0v) is 8.06. The molecule has 0 fully saturated rings. The Kier molecular flexibility index (Phi) is 2.86. The number of benzene rings is 1. The van der Waals surface area contributed by atoms with Crippen LogP contribution >= 0.6 is 0 Å². The van der Waals surface area contributed by atoms with Crippen LogP contribution in [0.1, 0.15) is 5.56 Å². The highest BCUT2D eigenvalue weighted by Gasteiger charge is 1.98. The van der Waals surface area contributed by atoms with E-state index in [0.29, 0.717) is 0 Å². The van der Waals surface area contributed by atoms with Crippen LogP contribution in [0.2, 0.25) is 0 Å². The Labute approximate surface area is 84.5 Å². The molecule has 0 aromatic heterocycles. The summed E-state index contributed by atoms with van der Waals surface area (Å²) in [6.07, 6.45) is 9.06. The van der Waals surface area contributed by atoms with E-state index < -0.39 is 0 Å². The normalized spacial score (nSPS) is 14.1. The van der Waals surface area contributed by atoms with Crippen LogP contribution in [0.3, 0.4) is 0 Å². The molecule has 0 saturated carbocycles. The average molecular weight is 186 g/mol. The molecule has 1 aliphatic heterocycles. The number of hydrogen-bond acceptors (Lipinski definition) is 2. The van der Waals surface area contributed by atoms with Gasteiger partial charge < -0.3 is 5.43 Å².